The third kappa shape index (κ3) is 3.74. The summed E-state index contributed by atoms with van der Waals surface area (Å²) in [5.41, 5.74) is -0.814. The standard InChI is InChI=1S/C16H17FN2O4/c1-2-3-6-18-13(20)9-19-14(21)5-4-10-7-11(16(22)23)8-12(17)15(10)19/h4-5,7-8H,2-3,6,9H2,1H3,(H,18,20)(H,22,23). The number of pyridine rings is 1. The van der Waals surface area contributed by atoms with Crippen molar-refractivity contribution in [2.24, 2.45) is 0 Å². The van der Waals surface area contributed by atoms with Crippen molar-refractivity contribution in [3.8, 4) is 0 Å². The number of halogens is 1. The van der Waals surface area contributed by atoms with Crippen LogP contribution in [0.25, 0.3) is 10.9 Å². The second-order valence-electron chi connectivity index (χ2n) is 5.16. The highest BCUT2D eigenvalue weighted by Gasteiger charge is 2.15. The zero-order chi connectivity index (χ0) is 17.0. The summed E-state index contributed by atoms with van der Waals surface area (Å²) in [6, 6.07) is 4.65. The number of hydrogen-bond donors (Lipinski definition) is 2. The molecule has 0 aliphatic carbocycles. The lowest BCUT2D eigenvalue weighted by molar-refractivity contribution is -0.121. The summed E-state index contributed by atoms with van der Waals surface area (Å²) in [5, 5.41) is 11.9. The minimum Gasteiger partial charge on any atom is -0.478 e. The molecule has 0 aliphatic rings. The van der Waals surface area contributed by atoms with Crippen LogP contribution in [0, 0.1) is 5.82 Å². The minimum absolute atomic E-state index is 0.0758. The van der Waals surface area contributed by atoms with E-state index in [0.717, 1.165) is 23.5 Å². The number of nitrogens with one attached hydrogen (secondary N) is 1. The molecule has 6 nitrogen and oxygen atoms in total. The Morgan fingerprint density at radius 2 is 2.04 bits per heavy atom. The minimum atomic E-state index is -1.26. The second-order valence-corrected chi connectivity index (χ2v) is 5.16. The molecule has 0 radical (unpaired) electrons. The van der Waals surface area contributed by atoms with Crippen molar-refractivity contribution in [3.63, 3.8) is 0 Å². The van der Waals surface area contributed by atoms with E-state index in [1.165, 1.54) is 18.2 Å². The fourth-order valence-corrected chi connectivity index (χ4v) is 2.28. The van der Waals surface area contributed by atoms with Gasteiger partial charge in [0.25, 0.3) is 5.56 Å². The van der Waals surface area contributed by atoms with E-state index in [1.54, 1.807) is 0 Å². The molecule has 0 bridgehead atoms. The van der Waals surface area contributed by atoms with Gasteiger partial charge in [-0.25, -0.2) is 9.18 Å². The molecular weight excluding hydrogens is 303 g/mol. The predicted octanol–water partition coefficient (Wildman–Crippen LogP) is 1.76. The van der Waals surface area contributed by atoms with Crippen LogP contribution >= 0.6 is 0 Å². The molecule has 1 heterocycles. The molecule has 2 N–H and O–H groups in total. The third-order valence-electron chi connectivity index (χ3n) is 3.44. The SMILES string of the molecule is CCCCNC(=O)Cn1c(=O)ccc2cc(C(=O)O)cc(F)c21. The largest absolute Gasteiger partial charge is 0.478 e. The van der Waals surface area contributed by atoms with Crippen LogP contribution in [-0.4, -0.2) is 28.1 Å². The van der Waals surface area contributed by atoms with Gasteiger partial charge in [-0.1, -0.05) is 13.3 Å². The van der Waals surface area contributed by atoms with Crippen LogP contribution in [0.3, 0.4) is 0 Å². The molecule has 1 aromatic carbocycles. The monoisotopic (exact) mass is 320 g/mol. The fourth-order valence-electron chi connectivity index (χ4n) is 2.28. The normalized spacial score (nSPS) is 10.7. The van der Waals surface area contributed by atoms with Crippen LogP contribution in [0.2, 0.25) is 0 Å². The number of aromatic nitrogens is 1. The summed E-state index contributed by atoms with van der Waals surface area (Å²) < 4.78 is 15.3. The van der Waals surface area contributed by atoms with Crippen LogP contribution in [0.4, 0.5) is 4.39 Å². The maximum absolute atomic E-state index is 14.2. The molecule has 2 aromatic rings. The molecule has 0 spiro atoms. The lowest BCUT2D eigenvalue weighted by Gasteiger charge is -2.11. The summed E-state index contributed by atoms with van der Waals surface area (Å²) in [5.74, 6) is -2.51. The zero-order valence-corrected chi connectivity index (χ0v) is 12.6. The summed E-state index contributed by atoms with van der Waals surface area (Å²) in [6.07, 6.45) is 1.73. The topological polar surface area (TPSA) is 88.4 Å². The summed E-state index contributed by atoms with van der Waals surface area (Å²) >= 11 is 0. The van der Waals surface area contributed by atoms with Gasteiger partial charge in [-0.2, -0.15) is 0 Å². The summed E-state index contributed by atoms with van der Waals surface area (Å²) in [6.45, 7) is 2.15. The molecule has 23 heavy (non-hydrogen) atoms. The first-order valence-electron chi connectivity index (χ1n) is 7.27. The molecule has 122 valence electrons. The summed E-state index contributed by atoms with van der Waals surface area (Å²) in [4.78, 5) is 34.8. The van der Waals surface area contributed by atoms with Gasteiger partial charge in [0.1, 0.15) is 12.4 Å². The number of benzene rings is 1. The Bertz CT molecular complexity index is 814. The highest BCUT2D eigenvalue weighted by atomic mass is 19.1. The van der Waals surface area contributed by atoms with Gasteiger partial charge in [-0.15, -0.1) is 0 Å². The number of rotatable bonds is 6. The molecule has 1 aromatic heterocycles. The molecule has 1 amide bonds. The number of nitrogens with zero attached hydrogens (tertiary/aromatic N) is 1. The van der Waals surface area contributed by atoms with Gasteiger partial charge in [0.15, 0.2) is 0 Å². The highest BCUT2D eigenvalue weighted by molar-refractivity contribution is 5.94. The molecule has 0 aliphatic heterocycles. The number of carboxylic acids is 1. The van der Waals surface area contributed by atoms with Gasteiger partial charge in [0.05, 0.1) is 11.1 Å². The van der Waals surface area contributed by atoms with Gasteiger partial charge in [0, 0.05) is 18.0 Å². The molecule has 0 fully saturated rings. The smallest absolute Gasteiger partial charge is 0.335 e. The van der Waals surface area contributed by atoms with E-state index in [-0.39, 0.29) is 23.0 Å². The molecule has 0 saturated carbocycles. The van der Waals surface area contributed by atoms with E-state index in [4.69, 9.17) is 5.11 Å². The average Bonchev–Trinajstić information content (AvgIpc) is 2.50. The van der Waals surface area contributed by atoms with Gasteiger partial charge < -0.3 is 10.4 Å². The third-order valence-corrected chi connectivity index (χ3v) is 3.44. The van der Waals surface area contributed by atoms with E-state index in [2.05, 4.69) is 5.32 Å². The van der Waals surface area contributed by atoms with E-state index < -0.39 is 23.3 Å². The van der Waals surface area contributed by atoms with E-state index in [0.29, 0.717) is 6.54 Å². The van der Waals surface area contributed by atoms with Crippen LogP contribution in [0.15, 0.2) is 29.1 Å². The Morgan fingerprint density at radius 1 is 1.30 bits per heavy atom. The van der Waals surface area contributed by atoms with Crippen molar-refractivity contribution in [2.45, 2.75) is 26.3 Å². The first-order valence-corrected chi connectivity index (χ1v) is 7.27. The maximum atomic E-state index is 14.2. The van der Waals surface area contributed by atoms with Crippen LogP contribution in [0.5, 0.6) is 0 Å². The molecule has 0 atom stereocenters. The molecular formula is C16H17FN2O4. The van der Waals surface area contributed by atoms with Crippen molar-refractivity contribution in [2.75, 3.05) is 6.54 Å². The number of aromatic carboxylic acids is 1. The average molecular weight is 320 g/mol. The maximum Gasteiger partial charge on any atom is 0.335 e. The molecule has 7 heteroatoms. The van der Waals surface area contributed by atoms with Crippen molar-refractivity contribution in [1.29, 1.82) is 0 Å². The Balaban J connectivity index is 2.43. The first kappa shape index (κ1) is 16.7. The van der Waals surface area contributed by atoms with Crippen molar-refractivity contribution in [3.05, 3.63) is 46.0 Å². The van der Waals surface area contributed by atoms with E-state index >= 15 is 0 Å². The van der Waals surface area contributed by atoms with Gasteiger partial charge in [-0.05, 0) is 24.6 Å². The first-order chi connectivity index (χ1) is 10.9. The van der Waals surface area contributed by atoms with Crippen LogP contribution in [0.1, 0.15) is 30.1 Å². The van der Waals surface area contributed by atoms with Gasteiger partial charge in [-0.3, -0.25) is 14.2 Å². The molecule has 0 saturated heterocycles. The zero-order valence-electron chi connectivity index (χ0n) is 12.6. The quantitative estimate of drug-likeness (QED) is 0.794. The lowest BCUT2D eigenvalue weighted by Crippen LogP contribution is -2.33. The van der Waals surface area contributed by atoms with Gasteiger partial charge in [0.2, 0.25) is 5.91 Å². The molecule has 2 rings (SSSR count). The Morgan fingerprint density at radius 3 is 2.70 bits per heavy atom. The number of hydrogen-bond acceptors (Lipinski definition) is 3. The fraction of sp³-hybridized carbons (Fsp3) is 0.312. The van der Waals surface area contributed by atoms with E-state index in [1.807, 2.05) is 6.92 Å². The van der Waals surface area contributed by atoms with E-state index in [9.17, 15) is 18.8 Å². The molecule has 0 unspecified atom stereocenters. The van der Waals surface area contributed by atoms with Gasteiger partial charge >= 0.3 is 5.97 Å². The van der Waals surface area contributed by atoms with Crippen molar-refractivity contribution in [1.82, 2.24) is 9.88 Å². The highest BCUT2D eigenvalue weighted by Crippen LogP contribution is 2.19. The number of carbonyl (C=O) groups excluding carboxylic acids is 1. The number of fused-ring (bicyclic) bond motifs is 1. The van der Waals surface area contributed by atoms with Crippen molar-refractivity contribution < 1.29 is 19.1 Å². The number of amides is 1. The Kier molecular flexibility index (Phi) is 5.10. The lowest BCUT2D eigenvalue weighted by atomic mass is 10.1. The van der Waals surface area contributed by atoms with Crippen molar-refractivity contribution >= 4 is 22.8 Å². The second kappa shape index (κ2) is 7.04. The Hall–Kier alpha value is -2.70. The Labute approximate surface area is 131 Å². The number of unbranched alkanes of at least 4 members (excludes halogenated alkanes) is 1. The van der Waals surface area contributed by atoms with Crippen LogP contribution in [-0.2, 0) is 11.3 Å². The summed E-state index contributed by atoms with van der Waals surface area (Å²) in [7, 11) is 0. The van der Waals surface area contributed by atoms with Crippen LogP contribution < -0.4 is 10.9 Å². The number of carbonyl (C=O) groups is 2. The predicted molar refractivity (Wildman–Crippen MR) is 83.0 cm³/mol. The number of carboxylic acid groups (broad SMARTS) is 1.